The maximum Gasteiger partial charge on any atom is -0.0171 e. The highest BCUT2D eigenvalue weighted by atomic mass is 14.1. The lowest BCUT2D eigenvalue weighted by molar-refractivity contribution is 0.469. The lowest BCUT2D eigenvalue weighted by atomic mass is 9.96. The van der Waals surface area contributed by atoms with E-state index in [1.165, 1.54) is 53.9 Å². The van der Waals surface area contributed by atoms with Gasteiger partial charge in [-0.05, 0) is 108 Å². The van der Waals surface area contributed by atoms with E-state index in [1.54, 1.807) is 0 Å². The number of hydrogen-bond donors (Lipinski definition) is 0. The molecule has 0 aliphatic carbocycles. The summed E-state index contributed by atoms with van der Waals surface area (Å²) in [5, 5.41) is 13.0. The van der Waals surface area contributed by atoms with Gasteiger partial charge in [0.1, 0.15) is 0 Å². The van der Waals surface area contributed by atoms with E-state index < -0.39 is 0 Å². The summed E-state index contributed by atoms with van der Waals surface area (Å²) >= 11 is 0. The van der Waals surface area contributed by atoms with Gasteiger partial charge in [-0.2, -0.15) is 0 Å². The Balaban J connectivity index is 0.000000371. The average molecular weight is 401 g/mol. The third-order valence-corrected chi connectivity index (χ3v) is 5.48. The van der Waals surface area contributed by atoms with Crippen molar-refractivity contribution in [1.29, 1.82) is 0 Å². The highest BCUT2D eigenvalue weighted by Crippen LogP contribution is 2.31. The van der Waals surface area contributed by atoms with Gasteiger partial charge in [0.05, 0.1) is 0 Å². The van der Waals surface area contributed by atoms with Crippen LogP contribution >= 0.6 is 0 Å². The smallest absolute Gasteiger partial charge is 0.0171 e. The van der Waals surface area contributed by atoms with E-state index in [-0.39, 0.29) is 0 Å². The Morgan fingerprint density at radius 1 is 0.323 bits per heavy atom. The third-order valence-electron chi connectivity index (χ3n) is 5.48. The van der Waals surface area contributed by atoms with Gasteiger partial charge >= 0.3 is 0 Å². The van der Waals surface area contributed by atoms with Crippen LogP contribution in [0.2, 0.25) is 0 Å². The fourth-order valence-electron chi connectivity index (χ4n) is 4.14. The molecule has 0 atom stereocenters. The highest BCUT2D eigenvalue weighted by Gasteiger charge is 2.04. The summed E-state index contributed by atoms with van der Waals surface area (Å²) in [5.41, 5.74) is 0.500. The lowest BCUT2D eigenvalue weighted by Crippen LogP contribution is -1.93. The highest BCUT2D eigenvalue weighted by molar-refractivity contribution is 6.10. The van der Waals surface area contributed by atoms with E-state index in [0.29, 0.717) is 5.41 Å². The summed E-state index contributed by atoms with van der Waals surface area (Å²) < 4.78 is 0. The molecule has 0 saturated heterocycles. The van der Waals surface area contributed by atoms with Crippen LogP contribution in [0.1, 0.15) is 27.7 Å². The summed E-state index contributed by atoms with van der Waals surface area (Å²) in [5.74, 6) is 0. The van der Waals surface area contributed by atoms with Crippen molar-refractivity contribution in [2.45, 2.75) is 27.7 Å². The van der Waals surface area contributed by atoms with Gasteiger partial charge in [0, 0.05) is 0 Å². The van der Waals surface area contributed by atoms with E-state index >= 15 is 0 Å². The molecule has 0 heteroatoms. The topological polar surface area (TPSA) is 0 Å². The Morgan fingerprint density at radius 2 is 0.484 bits per heavy atom. The molecule has 0 saturated carbocycles. The molecule has 0 radical (unpaired) electrons. The van der Waals surface area contributed by atoms with Crippen LogP contribution in [0.5, 0.6) is 0 Å². The Labute approximate surface area is 184 Å². The van der Waals surface area contributed by atoms with E-state index in [2.05, 4.69) is 125 Å². The van der Waals surface area contributed by atoms with Crippen molar-refractivity contribution in [3.8, 4) is 0 Å². The summed E-state index contributed by atoms with van der Waals surface area (Å²) in [7, 11) is 0. The molecule has 6 rings (SSSR count). The standard InChI is InChI=1S/C26H16.C5H12/c1-2-6-18-10-22-14-26-16-24-12-20-8-4-3-7-19(20)11-23(24)15-25(26)13-21(22)9-17(18)5-1;1-5(2,3)4/h1-16H;1-4H3. The molecular formula is C31H28. The molecular weight excluding hydrogens is 372 g/mol. The molecule has 0 spiro atoms. The largest absolute Gasteiger partial charge is 0.0616 e. The summed E-state index contributed by atoms with van der Waals surface area (Å²) in [6.07, 6.45) is 0. The fourth-order valence-corrected chi connectivity index (χ4v) is 4.14. The van der Waals surface area contributed by atoms with E-state index in [1.807, 2.05) is 0 Å². The first-order chi connectivity index (χ1) is 14.8. The SMILES string of the molecule is CC(C)(C)C.c1ccc2cc3cc4cc5cc6ccccc6cc5cc4cc3cc2c1. The molecule has 152 valence electrons. The average Bonchev–Trinajstić information content (AvgIpc) is 2.72. The van der Waals surface area contributed by atoms with Crippen molar-refractivity contribution in [3.63, 3.8) is 0 Å². The maximum atomic E-state index is 2.33. The minimum absolute atomic E-state index is 0.500. The second kappa shape index (κ2) is 7.39. The fraction of sp³-hybridized carbons (Fsp3) is 0.161. The predicted molar refractivity (Wildman–Crippen MR) is 139 cm³/mol. The van der Waals surface area contributed by atoms with Crippen molar-refractivity contribution >= 4 is 53.9 Å². The molecule has 0 aromatic heterocycles. The van der Waals surface area contributed by atoms with Crippen LogP contribution in [0.25, 0.3) is 53.9 Å². The minimum Gasteiger partial charge on any atom is -0.0616 e. The van der Waals surface area contributed by atoms with Crippen LogP contribution < -0.4 is 0 Å². The quantitative estimate of drug-likeness (QED) is 0.223. The van der Waals surface area contributed by atoms with Gasteiger partial charge in [0.2, 0.25) is 0 Å². The van der Waals surface area contributed by atoms with Crippen molar-refractivity contribution in [2.75, 3.05) is 0 Å². The Morgan fingerprint density at radius 3 is 0.677 bits per heavy atom. The molecule has 0 fully saturated rings. The predicted octanol–water partition coefficient (Wildman–Crippen LogP) is 9.50. The minimum atomic E-state index is 0.500. The lowest BCUT2D eigenvalue weighted by Gasteiger charge is -2.08. The molecule has 0 unspecified atom stereocenters. The first-order valence-corrected chi connectivity index (χ1v) is 11.0. The van der Waals surface area contributed by atoms with Crippen molar-refractivity contribution < 1.29 is 0 Å². The summed E-state index contributed by atoms with van der Waals surface area (Å²) in [6.45, 7) is 8.75. The van der Waals surface area contributed by atoms with Gasteiger partial charge in [0.25, 0.3) is 0 Å². The zero-order valence-electron chi connectivity index (χ0n) is 18.7. The molecule has 0 aliphatic heterocycles. The molecule has 6 aromatic rings. The number of fused-ring (bicyclic) bond motifs is 5. The van der Waals surface area contributed by atoms with Gasteiger partial charge in [-0.25, -0.2) is 0 Å². The van der Waals surface area contributed by atoms with E-state index in [9.17, 15) is 0 Å². The third kappa shape index (κ3) is 4.11. The zero-order chi connectivity index (χ0) is 21.6. The van der Waals surface area contributed by atoms with E-state index in [0.717, 1.165) is 0 Å². The van der Waals surface area contributed by atoms with Gasteiger partial charge in [-0.1, -0.05) is 76.2 Å². The van der Waals surface area contributed by atoms with Crippen LogP contribution in [-0.2, 0) is 0 Å². The number of benzene rings is 6. The van der Waals surface area contributed by atoms with Crippen LogP contribution in [0.15, 0.2) is 97.1 Å². The van der Waals surface area contributed by atoms with Crippen LogP contribution in [0, 0.1) is 5.41 Å². The molecule has 0 N–H and O–H groups in total. The monoisotopic (exact) mass is 400 g/mol. The Hall–Kier alpha value is -3.38. The Bertz CT molecular complexity index is 1330. The Kier molecular flexibility index (Phi) is 4.67. The van der Waals surface area contributed by atoms with E-state index in [4.69, 9.17) is 0 Å². The molecule has 31 heavy (non-hydrogen) atoms. The normalized spacial score (nSPS) is 11.9. The maximum absolute atomic E-state index is 2.33. The first kappa shape index (κ1) is 19.6. The first-order valence-electron chi connectivity index (χ1n) is 11.0. The van der Waals surface area contributed by atoms with Crippen LogP contribution in [0.4, 0.5) is 0 Å². The van der Waals surface area contributed by atoms with Crippen molar-refractivity contribution in [1.82, 2.24) is 0 Å². The molecule has 0 amide bonds. The van der Waals surface area contributed by atoms with Gasteiger partial charge in [-0.3, -0.25) is 0 Å². The number of hydrogen-bond acceptors (Lipinski definition) is 0. The zero-order valence-corrected chi connectivity index (χ0v) is 18.7. The van der Waals surface area contributed by atoms with Gasteiger partial charge < -0.3 is 0 Å². The summed E-state index contributed by atoms with van der Waals surface area (Å²) in [6, 6.07) is 35.7. The van der Waals surface area contributed by atoms with Crippen LogP contribution in [0.3, 0.4) is 0 Å². The van der Waals surface area contributed by atoms with Crippen molar-refractivity contribution in [3.05, 3.63) is 97.1 Å². The second-order valence-corrected chi connectivity index (χ2v) is 10.1. The van der Waals surface area contributed by atoms with Gasteiger partial charge in [-0.15, -0.1) is 0 Å². The second-order valence-electron chi connectivity index (χ2n) is 10.1. The molecule has 0 bridgehead atoms. The molecule has 0 heterocycles. The van der Waals surface area contributed by atoms with Crippen molar-refractivity contribution in [2.24, 2.45) is 5.41 Å². The number of rotatable bonds is 0. The van der Waals surface area contributed by atoms with Crippen LogP contribution in [-0.4, -0.2) is 0 Å². The molecule has 0 nitrogen and oxygen atoms in total. The summed E-state index contributed by atoms with van der Waals surface area (Å²) in [4.78, 5) is 0. The molecule has 6 aromatic carbocycles. The van der Waals surface area contributed by atoms with Gasteiger partial charge in [0.15, 0.2) is 0 Å². The molecule has 0 aliphatic rings.